The number of hydroxylamine groups is 1. The summed E-state index contributed by atoms with van der Waals surface area (Å²) in [5.41, 5.74) is 2.56. The Bertz CT molecular complexity index is 580. The van der Waals surface area contributed by atoms with E-state index in [1.54, 1.807) is 0 Å². The highest BCUT2D eigenvalue weighted by Gasteiger charge is 2.16. The molecule has 0 atom stereocenters. The highest BCUT2D eigenvalue weighted by molar-refractivity contribution is 7.91. The van der Waals surface area contributed by atoms with Gasteiger partial charge in [-0.3, -0.25) is 14.4 Å². The molecule has 0 unspecified atom stereocenters. The van der Waals surface area contributed by atoms with Gasteiger partial charge in [0.25, 0.3) is 0 Å². The maximum absolute atomic E-state index is 12.0. The van der Waals surface area contributed by atoms with E-state index >= 15 is 0 Å². The van der Waals surface area contributed by atoms with E-state index in [0.29, 0.717) is 5.69 Å². The van der Waals surface area contributed by atoms with Gasteiger partial charge in [0.1, 0.15) is 0 Å². The third-order valence-corrected chi connectivity index (χ3v) is 4.08. The van der Waals surface area contributed by atoms with Crippen LogP contribution in [0.2, 0.25) is 0 Å². The summed E-state index contributed by atoms with van der Waals surface area (Å²) in [6.07, 6.45) is -0.191. The first-order chi connectivity index (χ1) is 9.35. The van der Waals surface area contributed by atoms with Gasteiger partial charge >= 0.3 is 0 Å². The number of benzene rings is 1. The Balaban J connectivity index is 2.72. The van der Waals surface area contributed by atoms with E-state index < -0.39 is 15.7 Å². The lowest BCUT2D eigenvalue weighted by molar-refractivity contribution is -0.130. The Kier molecular flexibility index (Phi) is 5.66. The monoisotopic (exact) mass is 300 g/mol. The Hall–Kier alpha value is -1.93. The van der Waals surface area contributed by atoms with Gasteiger partial charge in [0.05, 0.1) is 17.8 Å². The minimum atomic E-state index is -3.55. The summed E-state index contributed by atoms with van der Waals surface area (Å²) in [4.78, 5) is 26.5. The molecule has 8 heteroatoms. The fourth-order valence-corrected chi connectivity index (χ4v) is 2.70. The van der Waals surface area contributed by atoms with Crippen molar-refractivity contribution in [2.75, 3.05) is 18.2 Å². The minimum Gasteiger partial charge on any atom is -0.326 e. The number of hydrogen-bond donors (Lipinski definition) is 2. The van der Waals surface area contributed by atoms with Crippen LogP contribution in [-0.4, -0.2) is 33.1 Å². The fourth-order valence-electron chi connectivity index (χ4n) is 1.46. The summed E-state index contributed by atoms with van der Waals surface area (Å²) in [5, 5.41) is 2.54. The molecule has 110 valence electrons. The van der Waals surface area contributed by atoms with E-state index in [1.165, 1.54) is 38.3 Å². The zero-order valence-electron chi connectivity index (χ0n) is 11.2. The van der Waals surface area contributed by atoms with Crippen molar-refractivity contribution in [2.24, 2.45) is 0 Å². The van der Waals surface area contributed by atoms with Crippen LogP contribution < -0.4 is 10.8 Å². The molecule has 0 fully saturated rings. The molecule has 2 N–H and O–H groups in total. The summed E-state index contributed by atoms with van der Waals surface area (Å²) >= 11 is 0. The van der Waals surface area contributed by atoms with Crippen molar-refractivity contribution in [1.82, 2.24) is 5.48 Å². The predicted octanol–water partition coefficient (Wildman–Crippen LogP) is 0.486. The first kappa shape index (κ1) is 16.1. The summed E-state index contributed by atoms with van der Waals surface area (Å²) in [7, 11) is -2.28. The summed E-state index contributed by atoms with van der Waals surface area (Å²) in [6.45, 7) is 1.36. The van der Waals surface area contributed by atoms with E-state index in [0.717, 1.165) is 0 Å². The average molecular weight is 300 g/mol. The molecule has 0 aliphatic heterocycles. The van der Waals surface area contributed by atoms with Crippen molar-refractivity contribution in [1.29, 1.82) is 0 Å². The van der Waals surface area contributed by atoms with Crippen molar-refractivity contribution in [2.45, 2.75) is 18.2 Å². The topological polar surface area (TPSA) is 102 Å². The van der Waals surface area contributed by atoms with Crippen molar-refractivity contribution < 1.29 is 22.8 Å². The van der Waals surface area contributed by atoms with Gasteiger partial charge in [-0.25, -0.2) is 13.9 Å². The number of carbonyl (C=O) groups is 2. The maximum Gasteiger partial charge on any atom is 0.244 e. The number of anilines is 1. The standard InChI is InChI=1S/C12H16N2O5S/c1-9(15)13-10-3-5-11(6-4-10)20(17,18)8-7-12(16)14-19-2/h3-6H,7-8H2,1-2H3,(H,13,15)(H,14,16). The summed E-state index contributed by atoms with van der Waals surface area (Å²) in [6, 6.07) is 5.75. The van der Waals surface area contributed by atoms with Crippen molar-refractivity contribution >= 4 is 27.3 Å². The minimum absolute atomic E-state index is 0.0943. The molecular formula is C12H16N2O5S. The molecule has 0 aliphatic rings. The summed E-state index contributed by atoms with van der Waals surface area (Å²) < 4.78 is 23.9. The molecule has 1 rings (SSSR count). The molecule has 1 aromatic rings. The third-order valence-electron chi connectivity index (χ3n) is 2.35. The van der Waals surface area contributed by atoms with E-state index in [1.807, 2.05) is 5.48 Å². The molecule has 1 aromatic carbocycles. The lowest BCUT2D eigenvalue weighted by Crippen LogP contribution is -2.24. The Morgan fingerprint density at radius 2 is 1.80 bits per heavy atom. The van der Waals surface area contributed by atoms with Crippen LogP contribution in [0.15, 0.2) is 29.2 Å². The number of rotatable bonds is 6. The van der Waals surface area contributed by atoms with Crippen molar-refractivity contribution in [3.05, 3.63) is 24.3 Å². The molecule has 0 heterocycles. The van der Waals surface area contributed by atoms with E-state index in [2.05, 4.69) is 10.2 Å². The number of carbonyl (C=O) groups excluding carboxylic acids is 2. The smallest absolute Gasteiger partial charge is 0.244 e. The number of hydrogen-bond acceptors (Lipinski definition) is 5. The van der Waals surface area contributed by atoms with Crippen molar-refractivity contribution in [3.8, 4) is 0 Å². The van der Waals surface area contributed by atoms with Gasteiger partial charge in [-0.2, -0.15) is 0 Å². The SMILES string of the molecule is CONC(=O)CCS(=O)(=O)c1ccc(NC(C)=O)cc1. The highest BCUT2D eigenvalue weighted by Crippen LogP contribution is 2.16. The second-order valence-corrected chi connectivity index (χ2v) is 6.11. The first-order valence-corrected chi connectivity index (χ1v) is 7.42. The lowest BCUT2D eigenvalue weighted by atomic mass is 10.3. The first-order valence-electron chi connectivity index (χ1n) is 5.77. The molecule has 0 saturated carbocycles. The third kappa shape index (κ3) is 4.98. The molecule has 0 spiro atoms. The van der Waals surface area contributed by atoms with Gasteiger partial charge in [0, 0.05) is 19.0 Å². The Labute approximate surface area is 117 Å². The largest absolute Gasteiger partial charge is 0.326 e. The second-order valence-electron chi connectivity index (χ2n) is 4.00. The van der Waals surface area contributed by atoms with Crippen LogP contribution >= 0.6 is 0 Å². The number of sulfone groups is 1. The quantitative estimate of drug-likeness (QED) is 0.744. The maximum atomic E-state index is 12.0. The zero-order chi connectivity index (χ0) is 15.2. The normalized spacial score (nSPS) is 10.9. The van der Waals surface area contributed by atoms with Crippen LogP contribution in [0.3, 0.4) is 0 Å². The highest BCUT2D eigenvalue weighted by atomic mass is 32.2. The van der Waals surface area contributed by atoms with Gasteiger partial charge in [-0.15, -0.1) is 0 Å². The molecule has 0 radical (unpaired) electrons. The molecule has 0 saturated heterocycles. The average Bonchev–Trinajstić information content (AvgIpc) is 2.37. The van der Waals surface area contributed by atoms with Gasteiger partial charge in [-0.05, 0) is 24.3 Å². The molecule has 0 aliphatic carbocycles. The lowest BCUT2D eigenvalue weighted by Gasteiger charge is -2.06. The van der Waals surface area contributed by atoms with Crippen LogP contribution in [0.4, 0.5) is 5.69 Å². The molecule has 7 nitrogen and oxygen atoms in total. The number of amides is 2. The number of nitrogens with one attached hydrogen (secondary N) is 2. The van der Waals surface area contributed by atoms with E-state index in [-0.39, 0.29) is 23.0 Å². The van der Waals surface area contributed by atoms with Crippen LogP contribution in [0.5, 0.6) is 0 Å². The Morgan fingerprint density at radius 3 is 2.30 bits per heavy atom. The van der Waals surface area contributed by atoms with Gasteiger partial charge < -0.3 is 5.32 Å². The van der Waals surface area contributed by atoms with Crippen molar-refractivity contribution in [3.63, 3.8) is 0 Å². The second kappa shape index (κ2) is 7.01. The molecule has 20 heavy (non-hydrogen) atoms. The van der Waals surface area contributed by atoms with Crippen LogP contribution in [0.25, 0.3) is 0 Å². The van der Waals surface area contributed by atoms with Gasteiger partial charge in [-0.1, -0.05) is 0 Å². The zero-order valence-corrected chi connectivity index (χ0v) is 12.0. The molecule has 0 aromatic heterocycles. The summed E-state index contributed by atoms with van der Waals surface area (Å²) in [5.74, 6) is -1.07. The molecule has 2 amide bonds. The Morgan fingerprint density at radius 1 is 1.20 bits per heavy atom. The van der Waals surface area contributed by atoms with Crippen LogP contribution in [0.1, 0.15) is 13.3 Å². The van der Waals surface area contributed by atoms with Crippen LogP contribution in [0, 0.1) is 0 Å². The van der Waals surface area contributed by atoms with Gasteiger partial charge in [0.2, 0.25) is 11.8 Å². The van der Waals surface area contributed by atoms with Crippen LogP contribution in [-0.2, 0) is 24.3 Å². The van der Waals surface area contributed by atoms with E-state index in [4.69, 9.17) is 0 Å². The molecular weight excluding hydrogens is 284 g/mol. The predicted molar refractivity (Wildman–Crippen MR) is 72.6 cm³/mol. The van der Waals surface area contributed by atoms with E-state index in [9.17, 15) is 18.0 Å². The van der Waals surface area contributed by atoms with Gasteiger partial charge in [0.15, 0.2) is 9.84 Å². The molecule has 0 bridgehead atoms. The fraction of sp³-hybridized carbons (Fsp3) is 0.333.